The van der Waals surface area contributed by atoms with Gasteiger partial charge in [-0.15, -0.1) is 0 Å². The number of hydrogen-bond donors (Lipinski definition) is 3. The molecular weight excluding hydrogens is 346 g/mol. The molecule has 0 bridgehead atoms. The minimum atomic E-state index is -0.295. The average molecular weight is 358 g/mol. The van der Waals surface area contributed by atoms with E-state index in [4.69, 9.17) is 0 Å². The van der Waals surface area contributed by atoms with Crippen LogP contribution >= 0.6 is 15.9 Å². The topological polar surface area (TPSA) is 78.0 Å². The quantitative estimate of drug-likeness (QED) is 0.667. The molecule has 0 aliphatic heterocycles. The minimum absolute atomic E-state index is 0.119. The first-order chi connectivity index (χ1) is 10.6. The van der Waals surface area contributed by atoms with Gasteiger partial charge in [0.05, 0.1) is 5.69 Å². The van der Waals surface area contributed by atoms with Gasteiger partial charge in [0.1, 0.15) is 11.4 Å². The van der Waals surface area contributed by atoms with Crippen LogP contribution in [0.25, 0.3) is 11.3 Å². The van der Waals surface area contributed by atoms with Crippen molar-refractivity contribution >= 4 is 27.5 Å². The number of nitrogens with zero attached hydrogens (tertiary/aromatic N) is 1. The maximum Gasteiger partial charge on any atom is 0.273 e. The summed E-state index contributed by atoms with van der Waals surface area (Å²) in [6, 6.07) is 15.7. The van der Waals surface area contributed by atoms with Gasteiger partial charge in [-0.1, -0.05) is 28.1 Å². The molecule has 5 nitrogen and oxygen atoms in total. The third-order valence-corrected chi connectivity index (χ3v) is 3.63. The van der Waals surface area contributed by atoms with Gasteiger partial charge in [-0.05, 0) is 42.5 Å². The van der Waals surface area contributed by atoms with Crippen molar-refractivity contribution in [1.82, 2.24) is 10.2 Å². The lowest BCUT2D eigenvalue weighted by atomic mass is 10.1. The minimum Gasteiger partial charge on any atom is -0.507 e. The lowest BCUT2D eigenvalue weighted by Crippen LogP contribution is -2.12. The van der Waals surface area contributed by atoms with Gasteiger partial charge in [0.2, 0.25) is 0 Å². The number of aromatic amines is 1. The molecule has 2 aromatic carbocycles. The summed E-state index contributed by atoms with van der Waals surface area (Å²) in [5.41, 5.74) is 2.09. The fourth-order valence-corrected chi connectivity index (χ4v) is 2.26. The molecule has 110 valence electrons. The molecule has 1 aromatic heterocycles. The normalized spacial score (nSPS) is 10.4. The van der Waals surface area contributed by atoms with E-state index >= 15 is 0 Å². The Hall–Kier alpha value is -2.60. The van der Waals surface area contributed by atoms with Crippen molar-refractivity contribution in [3.05, 3.63) is 64.8 Å². The molecule has 3 N–H and O–H groups in total. The Morgan fingerprint density at radius 3 is 2.59 bits per heavy atom. The molecule has 0 unspecified atom stereocenters. The standard InChI is InChI=1S/C16H12BrN3O2/c17-10-5-7-11(8-6-10)18-16(22)14-9-13(19-20-14)12-3-1-2-4-15(12)21/h1-9,21H,(H,18,22)(H,19,20). The second-order valence-electron chi connectivity index (χ2n) is 4.65. The summed E-state index contributed by atoms with van der Waals surface area (Å²) in [5, 5.41) is 19.3. The third-order valence-electron chi connectivity index (χ3n) is 3.10. The number of benzene rings is 2. The molecule has 0 atom stereocenters. The number of H-pyrrole nitrogens is 1. The molecule has 0 saturated heterocycles. The molecule has 0 aliphatic carbocycles. The zero-order valence-corrected chi connectivity index (χ0v) is 13.0. The molecule has 6 heteroatoms. The van der Waals surface area contributed by atoms with Crippen molar-refractivity contribution in [2.24, 2.45) is 0 Å². The number of aromatic hydroxyl groups is 1. The van der Waals surface area contributed by atoms with Crippen molar-refractivity contribution in [3.8, 4) is 17.0 Å². The number of para-hydroxylation sites is 1. The van der Waals surface area contributed by atoms with E-state index in [0.29, 0.717) is 22.6 Å². The summed E-state index contributed by atoms with van der Waals surface area (Å²) < 4.78 is 0.939. The second kappa shape index (κ2) is 6.03. The van der Waals surface area contributed by atoms with Crippen LogP contribution in [0.15, 0.2) is 59.1 Å². The summed E-state index contributed by atoms with van der Waals surface area (Å²) in [6.07, 6.45) is 0. The largest absolute Gasteiger partial charge is 0.507 e. The van der Waals surface area contributed by atoms with Crippen molar-refractivity contribution in [1.29, 1.82) is 0 Å². The predicted octanol–water partition coefficient (Wildman–Crippen LogP) is 3.80. The van der Waals surface area contributed by atoms with E-state index in [1.807, 2.05) is 12.1 Å². The lowest BCUT2D eigenvalue weighted by Gasteiger charge is -2.03. The Bertz CT molecular complexity index is 812. The highest BCUT2D eigenvalue weighted by molar-refractivity contribution is 9.10. The van der Waals surface area contributed by atoms with E-state index in [9.17, 15) is 9.90 Å². The Balaban J connectivity index is 1.80. The highest BCUT2D eigenvalue weighted by Gasteiger charge is 2.13. The molecule has 3 rings (SSSR count). The van der Waals surface area contributed by atoms with Gasteiger partial charge in [0, 0.05) is 15.7 Å². The zero-order chi connectivity index (χ0) is 15.5. The monoisotopic (exact) mass is 357 g/mol. The van der Waals surface area contributed by atoms with Crippen molar-refractivity contribution in [2.75, 3.05) is 5.32 Å². The number of rotatable bonds is 3. The number of phenols is 1. The first-order valence-electron chi connectivity index (χ1n) is 6.54. The summed E-state index contributed by atoms with van der Waals surface area (Å²) >= 11 is 3.34. The summed E-state index contributed by atoms with van der Waals surface area (Å²) in [5.74, 6) is -0.176. The number of anilines is 1. The molecule has 0 radical (unpaired) electrons. The molecule has 0 spiro atoms. The zero-order valence-electron chi connectivity index (χ0n) is 11.4. The lowest BCUT2D eigenvalue weighted by molar-refractivity contribution is 0.102. The molecule has 0 saturated carbocycles. The SMILES string of the molecule is O=C(Nc1ccc(Br)cc1)c1cc(-c2ccccc2O)n[nH]1. The van der Waals surface area contributed by atoms with Crippen molar-refractivity contribution in [2.45, 2.75) is 0 Å². The molecule has 22 heavy (non-hydrogen) atoms. The Morgan fingerprint density at radius 1 is 1.14 bits per heavy atom. The van der Waals surface area contributed by atoms with Gasteiger partial charge >= 0.3 is 0 Å². The van der Waals surface area contributed by atoms with E-state index in [2.05, 4.69) is 31.4 Å². The smallest absolute Gasteiger partial charge is 0.273 e. The molecular formula is C16H12BrN3O2. The van der Waals surface area contributed by atoms with Gasteiger partial charge in [-0.25, -0.2) is 0 Å². The number of amides is 1. The number of halogens is 1. The van der Waals surface area contributed by atoms with Crippen LogP contribution in [-0.2, 0) is 0 Å². The second-order valence-corrected chi connectivity index (χ2v) is 5.56. The first kappa shape index (κ1) is 14.3. The van der Waals surface area contributed by atoms with Gasteiger partial charge < -0.3 is 10.4 Å². The molecule has 0 aliphatic rings. The molecule has 0 fully saturated rings. The summed E-state index contributed by atoms with van der Waals surface area (Å²) in [7, 11) is 0. The summed E-state index contributed by atoms with van der Waals surface area (Å²) in [6.45, 7) is 0. The van der Waals surface area contributed by atoms with Crippen LogP contribution in [0.3, 0.4) is 0 Å². The number of phenolic OH excluding ortho intramolecular Hbond substituents is 1. The van der Waals surface area contributed by atoms with Crippen LogP contribution in [0.1, 0.15) is 10.5 Å². The molecule has 3 aromatic rings. The van der Waals surface area contributed by atoms with Gasteiger partial charge in [-0.2, -0.15) is 5.10 Å². The fourth-order valence-electron chi connectivity index (χ4n) is 2.00. The van der Waals surface area contributed by atoms with Crippen LogP contribution < -0.4 is 5.32 Å². The molecule has 1 amide bonds. The van der Waals surface area contributed by atoms with E-state index in [0.717, 1.165) is 4.47 Å². The van der Waals surface area contributed by atoms with Gasteiger partial charge in [0.25, 0.3) is 5.91 Å². The number of aromatic nitrogens is 2. The maximum atomic E-state index is 12.2. The van der Waals surface area contributed by atoms with Crippen LogP contribution in [0.5, 0.6) is 5.75 Å². The van der Waals surface area contributed by atoms with Crippen molar-refractivity contribution in [3.63, 3.8) is 0 Å². The van der Waals surface area contributed by atoms with Crippen LogP contribution in [0.2, 0.25) is 0 Å². The Labute approximate surface area is 135 Å². The Morgan fingerprint density at radius 2 is 1.86 bits per heavy atom. The van der Waals surface area contributed by atoms with Crippen LogP contribution in [0.4, 0.5) is 5.69 Å². The van der Waals surface area contributed by atoms with Crippen molar-refractivity contribution < 1.29 is 9.90 Å². The van der Waals surface area contributed by atoms with E-state index < -0.39 is 0 Å². The predicted molar refractivity (Wildman–Crippen MR) is 87.8 cm³/mol. The highest BCUT2D eigenvalue weighted by atomic mass is 79.9. The number of carbonyl (C=O) groups excluding carboxylic acids is 1. The summed E-state index contributed by atoms with van der Waals surface area (Å²) in [4.78, 5) is 12.2. The van der Waals surface area contributed by atoms with E-state index in [-0.39, 0.29) is 11.7 Å². The van der Waals surface area contributed by atoms with Gasteiger partial charge in [0.15, 0.2) is 0 Å². The van der Waals surface area contributed by atoms with E-state index in [1.165, 1.54) is 0 Å². The highest BCUT2D eigenvalue weighted by Crippen LogP contribution is 2.27. The number of hydrogen-bond acceptors (Lipinski definition) is 3. The van der Waals surface area contributed by atoms with Crippen LogP contribution in [-0.4, -0.2) is 21.2 Å². The Kier molecular flexibility index (Phi) is 3.93. The van der Waals surface area contributed by atoms with E-state index in [1.54, 1.807) is 42.5 Å². The fraction of sp³-hybridized carbons (Fsp3) is 0. The average Bonchev–Trinajstić information content (AvgIpc) is 3.00. The van der Waals surface area contributed by atoms with Crippen LogP contribution in [0, 0.1) is 0 Å². The maximum absolute atomic E-state index is 12.2. The molecule has 1 heterocycles. The number of carbonyl (C=O) groups is 1. The third kappa shape index (κ3) is 3.01. The number of nitrogens with one attached hydrogen (secondary N) is 2. The first-order valence-corrected chi connectivity index (χ1v) is 7.33. The van der Waals surface area contributed by atoms with Gasteiger partial charge in [-0.3, -0.25) is 9.89 Å².